The molecular weight excluding hydrogens is 327 g/mol. The number of hydrogen-bond acceptors (Lipinski definition) is 3. The molecule has 2 aromatic carbocycles. The molecule has 3 atom stereocenters. The average molecular weight is 350 g/mol. The Morgan fingerprint density at radius 1 is 0.840 bits per heavy atom. The van der Waals surface area contributed by atoms with Gasteiger partial charge in [-0.3, -0.25) is 10.3 Å². The smallest absolute Gasteiger partial charge is 0.133 e. The van der Waals surface area contributed by atoms with Gasteiger partial charge in [-0.25, -0.2) is 0 Å². The normalized spacial score (nSPS) is 15.9. The quantitative estimate of drug-likeness (QED) is 0.652. The van der Waals surface area contributed by atoms with Gasteiger partial charge in [-0.15, -0.1) is 0 Å². The van der Waals surface area contributed by atoms with Crippen molar-refractivity contribution >= 4 is 12.4 Å². The van der Waals surface area contributed by atoms with Gasteiger partial charge in [0.15, 0.2) is 0 Å². The molecule has 3 rings (SSSR count). The van der Waals surface area contributed by atoms with Gasteiger partial charge >= 0.3 is 0 Å². The minimum absolute atomic E-state index is 0.0800. The molecule has 3 aromatic rings. The second kappa shape index (κ2) is 7.77. The van der Waals surface area contributed by atoms with Gasteiger partial charge in [-0.2, -0.15) is 0 Å². The predicted octanol–water partition coefficient (Wildman–Crippen LogP) is 4.75. The molecule has 25 heavy (non-hydrogen) atoms. The third kappa shape index (κ3) is 4.07. The van der Waals surface area contributed by atoms with E-state index in [1.54, 1.807) is 12.4 Å². The minimum atomic E-state index is -2.69. The van der Waals surface area contributed by atoms with Crippen molar-refractivity contribution in [3.05, 3.63) is 96.3 Å². The van der Waals surface area contributed by atoms with Crippen LogP contribution in [0.2, 0.25) is 0 Å². The van der Waals surface area contributed by atoms with E-state index in [2.05, 4.69) is 29.4 Å². The maximum atomic E-state index is 13.8. The van der Waals surface area contributed by atoms with E-state index in [1.807, 2.05) is 67.3 Å². The van der Waals surface area contributed by atoms with Crippen molar-refractivity contribution in [2.45, 2.75) is 18.7 Å². The first-order valence-electron chi connectivity index (χ1n) is 8.43. The molecule has 0 aliphatic heterocycles. The standard InChI is InChI=1S/C21H23N2OP/c1-17(18-9-5-3-6-10-18)23-21(19-13-15-22-16-14-19)25(2,24)20-11-7-4-8-12-20/h3-17,21,23H,1-2H3/t17-,21-,25?/m0/s1. The van der Waals surface area contributed by atoms with Crippen molar-refractivity contribution in [1.29, 1.82) is 0 Å². The molecular formula is C21H23N2OP. The fourth-order valence-corrected chi connectivity index (χ4v) is 5.33. The van der Waals surface area contributed by atoms with Gasteiger partial charge in [0.2, 0.25) is 0 Å². The minimum Gasteiger partial charge on any atom is -0.317 e. The summed E-state index contributed by atoms with van der Waals surface area (Å²) < 4.78 is 13.8. The van der Waals surface area contributed by atoms with Crippen molar-refractivity contribution < 1.29 is 4.57 Å². The van der Waals surface area contributed by atoms with Crippen LogP contribution in [-0.2, 0) is 4.57 Å². The Kier molecular flexibility index (Phi) is 5.47. The molecule has 4 heteroatoms. The first-order valence-corrected chi connectivity index (χ1v) is 10.6. The number of hydrogen-bond donors (Lipinski definition) is 1. The molecule has 128 valence electrons. The second-order valence-corrected chi connectivity index (χ2v) is 9.32. The molecule has 0 amide bonds. The fraction of sp³-hybridized carbons (Fsp3) is 0.190. The van der Waals surface area contributed by atoms with E-state index in [4.69, 9.17) is 0 Å². The molecule has 0 bridgehead atoms. The maximum absolute atomic E-state index is 13.8. The molecule has 0 spiro atoms. The number of nitrogens with zero attached hydrogens (tertiary/aromatic N) is 1. The Morgan fingerprint density at radius 2 is 1.40 bits per heavy atom. The van der Waals surface area contributed by atoms with E-state index < -0.39 is 7.14 Å². The van der Waals surface area contributed by atoms with Gasteiger partial charge in [0, 0.05) is 23.7 Å². The zero-order valence-corrected chi connectivity index (χ0v) is 15.4. The summed E-state index contributed by atoms with van der Waals surface area (Å²) in [4.78, 5) is 4.10. The van der Waals surface area contributed by atoms with Gasteiger partial charge in [-0.05, 0) is 36.8 Å². The van der Waals surface area contributed by atoms with Crippen LogP contribution in [0.1, 0.15) is 29.9 Å². The summed E-state index contributed by atoms with van der Waals surface area (Å²) >= 11 is 0. The van der Waals surface area contributed by atoms with Crippen molar-refractivity contribution in [2.24, 2.45) is 0 Å². The zero-order valence-electron chi connectivity index (χ0n) is 14.5. The van der Waals surface area contributed by atoms with Gasteiger partial charge < -0.3 is 4.57 Å². The Morgan fingerprint density at radius 3 is 2.00 bits per heavy atom. The third-order valence-electron chi connectivity index (χ3n) is 4.49. The van der Waals surface area contributed by atoms with Gasteiger partial charge in [-0.1, -0.05) is 60.7 Å². The van der Waals surface area contributed by atoms with Crippen molar-refractivity contribution in [1.82, 2.24) is 10.3 Å². The Hall–Kier alpha value is -2.22. The molecule has 1 N–H and O–H groups in total. The lowest BCUT2D eigenvalue weighted by atomic mass is 10.1. The highest BCUT2D eigenvalue weighted by Gasteiger charge is 2.32. The molecule has 0 saturated heterocycles. The summed E-state index contributed by atoms with van der Waals surface area (Å²) in [6.07, 6.45) is 3.50. The Bertz CT molecular complexity index is 838. The van der Waals surface area contributed by atoms with Crippen LogP contribution in [0.15, 0.2) is 85.2 Å². The van der Waals surface area contributed by atoms with Gasteiger partial charge in [0.1, 0.15) is 7.14 Å². The van der Waals surface area contributed by atoms with E-state index in [9.17, 15) is 4.57 Å². The molecule has 0 saturated carbocycles. The Balaban J connectivity index is 1.98. The second-order valence-electron chi connectivity index (χ2n) is 6.31. The van der Waals surface area contributed by atoms with E-state index in [0.29, 0.717) is 0 Å². The first kappa shape index (κ1) is 17.6. The summed E-state index contributed by atoms with van der Waals surface area (Å²) in [5, 5.41) is 4.48. The van der Waals surface area contributed by atoms with E-state index >= 15 is 0 Å². The van der Waals surface area contributed by atoms with Crippen molar-refractivity contribution in [3.8, 4) is 0 Å². The highest BCUT2D eigenvalue weighted by Crippen LogP contribution is 2.54. The van der Waals surface area contributed by atoms with E-state index in [1.165, 1.54) is 5.56 Å². The largest absolute Gasteiger partial charge is 0.317 e. The van der Waals surface area contributed by atoms with Crippen LogP contribution in [-0.4, -0.2) is 11.6 Å². The highest BCUT2D eigenvalue weighted by atomic mass is 31.2. The lowest BCUT2D eigenvalue weighted by Gasteiger charge is -2.29. The Labute approximate surface area is 149 Å². The molecule has 3 nitrogen and oxygen atoms in total. The first-order chi connectivity index (χ1) is 12.1. The molecule has 0 radical (unpaired) electrons. The maximum Gasteiger partial charge on any atom is 0.133 e. The monoisotopic (exact) mass is 350 g/mol. The van der Waals surface area contributed by atoms with Crippen LogP contribution >= 0.6 is 7.14 Å². The van der Waals surface area contributed by atoms with Gasteiger partial charge in [0.25, 0.3) is 0 Å². The number of aromatic nitrogens is 1. The summed E-state index contributed by atoms with van der Waals surface area (Å²) in [6, 6.07) is 23.9. The highest BCUT2D eigenvalue weighted by molar-refractivity contribution is 7.71. The lowest BCUT2D eigenvalue weighted by molar-refractivity contribution is 0.521. The van der Waals surface area contributed by atoms with Crippen molar-refractivity contribution in [2.75, 3.05) is 6.66 Å². The summed E-state index contributed by atoms with van der Waals surface area (Å²) in [5.41, 5.74) is 2.17. The molecule has 1 aromatic heterocycles. The van der Waals surface area contributed by atoms with Crippen LogP contribution in [0.3, 0.4) is 0 Å². The van der Waals surface area contributed by atoms with Crippen LogP contribution in [0.5, 0.6) is 0 Å². The predicted molar refractivity (Wildman–Crippen MR) is 105 cm³/mol. The molecule has 0 fully saturated rings. The number of pyridine rings is 1. The molecule has 0 aliphatic rings. The summed E-state index contributed by atoms with van der Waals surface area (Å²) in [5.74, 6) is -0.270. The summed E-state index contributed by atoms with van der Waals surface area (Å²) in [7, 11) is -2.69. The fourth-order valence-electron chi connectivity index (χ4n) is 3.02. The number of rotatable bonds is 6. The number of nitrogens with one attached hydrogen (secondary N) is 1. The molecule has 0 aliphatic carbocycles. The lowest BCUT2D eigenvalue weighted by Crippen LogP contribution is -2.27. The van der Waals surface area contributed by atoms with Crippen molar-refractivity contribution in [3.63, 3.8) is 0 Å². The summed E-state index contributed by atoms with van der Waals surface area (Å²) in [6.45, 7) is 3.96. The molecule has 1 unspecified atom stereocenters. The van der Waals surface area contributed by atoms with E-state index in [0.717, 1.165) is 10.9 Å². The number of benzene rings is 2. The SMILES string of the molecule is C[C@H](N[C@H](c1ccncc1)P(C)(=O)c1ccccc1)c1ccccc1. The topological polar surface area (TPSA) is 42.0 Å². The third-order valence-corrected chi connectivity index (χ3v) is 7.25. The molecule has 1 heterocycles. The van der Waals surface area contributed by atoms with Gasteiger partial charge in [0.05, 0.1) is 5.78 Å². The zero-order chi connectivity index (χ0) is 17.7. The van der Waals surface area contributed by atoms with Crippen LogP contribution < -0.4 is 10.6 Å². The van der Waals surface area contributed by atoms with Crippen LogP contribution in [0, 0.1) is 0 Å². The average Bonchev–Trinajstić information content (AvgIpc) is 2.68. The van der Waals surface area contributed by atoms with Crippen LogP contribution in [0.25, 0.3) is 0 Å². The van der Waals surface area contributed by atoms with Crippen LogP contribution in [0.4, 0.5) is 0 Å². The van der Waals surface area contributed by atoms with E-state index in [-0.39, 0.29) is 11.8 Å².